The molecule has 0 unspecified atom stereocenters. The molecular formula is C29H31N7O6. The number of anilines is 2. The van der Waals surface area contributed by atoms with Gasteiger partial charge in [-0.1, -0.05) is 13.0 Å². The van der Waals surface area contributed by atoms with Crippen molar-refractivity contribution in [1.29, 1.82) is 0 Å². The van der Waals surface area contributed by atoms with Gasteiger partial charge in [-0.15, -0.1) is 0 Å². The van der Waals surface area contributed by atoms with Crippen LogP contribution in [0.1, 0.15) is 62.5 Å². The van der Waals surface area contributed by atoms with E-state index in [0.717, 1.165) is 10.5 Å². The lowest BCUT2D eigenvalue weighted by atomic mass is 10.1. The Labute approximate surface area is 241 Å². The minimum atomic E-state index is -0.960. The number of aryl methyl sites for hydroxylation is 2. The molecule has 3 heterocycles. The fourth-order valence-electron chi connectivity index (χ4n) is 4.18. The molecule has 0 atom stereocenters. The van der Waals surface area contributed by atoms with Crippen LogP contribution in [0.4, 0.5) is 16.3 Å². The molecule has 3 amide bonds. The summed E-state index contributed by atoms with van der Waals surface area (Å²) in [6.07, 6.45) is 5.19. The Morgan fingerprint density at radius 2 is 1.86 bits per heavy atom. The third-order valence-corrected chi connectivity index (χ3v) is 6.33. The number of nitrogens with one attached hydrogen (secondary N) is 2. The largest absolute Gasteiger partial charge is 0.424 e. The minimum absolute atomic E-state index is 0.0719. The van der Waals surface area contributed by atoms with E-state index in [2.05, 4.69) is 25.7 Å². The van der Waals surface area contributed by atoms with E-state index in [0.29, 0.717) is 41.1 Å². The Morgan fingerprint density at radius 3 is 2.57 bits per heavy atom. The number of hydrogen-bond donors (Lipinski definition) is 2. The highest BCUT2D eigenvalue weighted by molar-refractivity contribution is 6.06. The van der Waals surface area contributed by atoms with E-state index in [1.54, 1.807) is 25.1 Å². The molecule has 2 N–H and O–H groups in total. The first-order valence-electron chi connectivity index (χ1n) is 13.3. The molecule has 4 aromatic rings. The van der Waals surface area contributed by atoms with Crippen molar-refractivity contribution in [3.05, 3.63) is 83.1 Å². The molecule has 3 aromatic heterocycles. The molecule has 4 rings (SSSR count). The van der Waals surface area contributed by atoms with E-state index in [1.165, 1.54) is 35.5 Å². The van der Waals surface area contributed by atoms with Crippen LogP contribution >= 0.6 is 0 Å². The van der Waals surface area contributed by atoms with Gasteiger partial charge in [0, 0.05) is 42.9 Å². The first kappa shape index (κ1) is 29.6. The van der Waals surface area contributed by atoms with Crippen molar-refractivity contribution in [2.24, 2.45) is 0 Å². The topological polar surface area (TPSA) is 157 Å². The summed E-state index contributed by atoms with van der Waals surface area (Å²) >= 11 is 0. The number of pyridine rings is 1. The molecule has 0 radical (unpaired) electrons. The molecule has 0 fully saturated rings. The van der Waals surface area contributed by atoms with Crippen LogP contribution in [0.2, 0.25) is 0 Å². The number of rotatable bonds is 10. The Hall–Kier alpha value is -5.33. The predicted octanol–water partition coefficient (Wildman–Crippen LogP) is 4.04. The van der Waals surface area contributed by atoms with Crippen LogP contribution in [0.25, 0.3) is 5.52 Å². The highest BCUT2D eigenvalue weighted by atomic mass is 16.7. The Bertz CT molecular complexity index is 1620. The second-order valence-corrected chi connectivity index (χ2v) is 9.24. The molecule has 0 aliphatic heterocycles. The van der Waals surface area contributed by atoms with E-state index in [1.807, 2.05) is 26.8 Å². The molecule has 218 valence electrons. The number of aromatic nitrogens is 4. The Balaban J connectivity index is 1.55. The first-order valence-corrected chi connectivity index (χ1v) is 13.3. The van der Waals surface area contributed by atoms with Crippen LogP contribution in [0.15, 0.2) is 55.2 Å². The van der Waals surface area contributed by atoms with Gasteiger partial charge in [0.25, 0.3) is 11.8 Å². The lowest BCUT2D eigenvalue weighted by Gasteiger charge is -2.19. The van der Waals surface area contributed by atoms with Crippen molar-refractivity contribution >= 4 is 40.9 Å². The standard InChI is InChI=1S/C29H31N7O6/c1-5-12-35(29(40)42-17-41-28(39)21-8-7-11-30-14-21)27(38)22-15-36-24(19(22)4)25(32-16-33-36)34-23-13-20(10-9-18(23)3)26(37)31-6-2/h7-11,13-16H,5-6,12,17H2,1-4H3,(H,31,37)(H,32,33,34). The van der Waals surface area contributed by atoms with Gasteiger partial charge in [-0.2, -0.15) is 5.10 Å². The van der Waals surface area contributed by atoms with E-state index in [9.17, 15) is 19.2 Å². The van der Waals surface area contributed by atoms with Gasteiger partial charge >= 0.3 is 12.1 Å². The number of imide groups is 1. The Morgan fingerprint density at radius 1 is 1.05 bits per heavy atom. The maximum absolute atomic E-state index is 13.6. The normalized spacial score (nSPS) is 10.7. The fourth-order valence-corrected chi connectivity index (χ4v) is 4.18. The zero-order valence-corrected chi connectivity index (χ0v) is 23.7. The van der Waals surface area contributed by atoms with Crippen LogP contribution in [0, 0.1) is 13.8 Å². The summed E-state index contributed by atoms with van der Waals surface area (Å²) in [5.74, 6) is -1.12. The van der Waals surface area contributed by atoms with Crippen LogP contribution < -0.4 is 10.6 Å². The fraction of sp³-hybridized carbons (Fsp3) is 0.276. The van der Waals surface area contributed by atoms with E-state index in [-0.39, 0.29) is 23.6 Å². The highest BCUT2D eigenvalue weighted by Gasteiger charge is 2.28. The molecule has 0 aliphatic carbocycles. The zero-order valence-electron chi connectivity index (χ0n) is 23.7. The summed E-state index contributed by atoms with van der Waals surface area (Å²) in [6.45, 7) is 7.17. The smallest absolute Gasteiger partial charge is 0.419 e. The quantitative estimate of drug-likeness (QED) is 0.210. The third kappa shape index (κ3) is 6.52. The van der Waals surface area contributed by atoms with E-state index in [4.69, 9.17) is 9.47 Å². The summed E-state index contributed by atoms with van der Waals surface area (Å²) in [7, 11) is 0. The molecule has 13 heteroatoms. The van der Waals surface area contributed by atoms with Gasteiger partial charge < -0.3 is 20.1 Å². The molecule has 42 heavy (non-hydrogen) atoms. The summed E-state index contributed by atoms with van der Waals surface area (Å²) in [5, 5.41) is 10.3. The number of benzene rings is 1. The first-order chi connectivity index (χ1) is 20.2. The number of ether oxygens (including phenoxy) is 2. The van der Waals surface area contributed by atoms with Gasteiger partial charge in [-0.25, -0.2) is 24.0 Å². The van der Waals surface area contributed by atoms with Crippen LogP contribution in [-0.2, 0) is 9.47 Å². The van der Waals surface area contributed by atoms with Gasteiger partial charge in [-0.3, -0.25) is 14.6 Å². The molecule has 1 aromatic carbocycles. The van der Waals surface area contributed by atoms with Crippen molar-refractivity contribution in [2.75, 3.05) is 25.2 Å². The van der Waals surface area contributed by atoms with Gasteiger partial charge in [0.2, 0.25) is 6.79 Å². The van der Waals surface area contributed by atoms with Crippen molar-refractivity contribution in [3.8, 4) is 0 Å². The van der Waals surface area contributed by atoms with Crippen molar-refractivity contribution in [3.63, 3.8) is 0 Å². The van der Waals surface area contributed by atoms with Crippen LogP contribution in [-0.4, -0.2) is 68.2 Å². The molecule has 0 saturated heterocycles. The number of nitrogens with zero attached hydrogens (tertiary/aromatic N) is 5. The summed E-state index contributed by atoms with van der Waals surface area (Å²) in [5.41, 5.74) is 3.47. The molecular weight excluding hydrogens is 542 g/mol. The predicted molar refractivity (Wildman–Crippen MR) is 153 cm³/mol. The number of hydrogen-bond acceptors (Lipinski definition) is 10. The summed E-state index contributed by atoms with van der Waals surface area (Å²) in [6, 6.07) is 8.38. The number of fused-ring (bicyclic) bond motifs is 1. The second-order valence-electron chi connectivity index (χ2n) is 9.24. The Kier molecular flexibility index (Phi) is 9.42. The maximum atomic E-state index is 13.6. The minimum Gasteiger partial charge on any atom is -0.424 e. The lowest BCUT2D eigenvalue weighted by Crippen LogP contribution is -2.38. The molecule has 0 spiro atoms. The van der Waals surface area contributed by atoms with Gasteiger partial charge in [0.15, 0.2) is 5.82 Å². The molecule has 13 nitrogen and oxygen atoms in total. The van der Waals surface area contributed by atoms with Gasteiger partial charge in [-0.05, 0) is 62.6 Å². The molecule has 0 aliphatic rings. The summed E-state index contributed by atoms with van der Waals surface area (Å²) in [4.78, 5) is 60.1. The van der Waals surface area contributed by atoms with Gasteiger partial charge in [0.05, 0.1) is 11.1 Å². The van der Waals surface area contributed by atoms with Crippen LogP contribution in [0.3, 0.4) is 0 Å². The average Bonchev–Trinajstić information content (AvgIpc) is 3.34. The lowest BCUT2D eigenvalue weighted by molar-refractivity contribution is -0.0105. The number of carbonyl (C=O) groups excluding carboxylic acids is 4. The van der Waals surface area contributed by atoms with Crippen molar-refractivity contribution in [1.82, 2.24) is 29.8 Å². The second kappa shape index (κ2) is 13.4. The average molecular weight is 574 g/mol. The number of carbonyl (C=O) groups is 4. The van der Waals surface area contributed by atoms with E-state index >= 15 is 0 Å². The third-order valence-electron chi connectivity index (χ3n) is 6.33. The monoisotopic (exact) mass is 573 g/mol. The molecule has 0 bridgehead atoms. The highest BCUT2D eigenvalue weighted by Crippen LogP contribution is 2.28. The number of esters is 1. The summed E-state index contributed by atoms with van der Waals surface area (Å²) < 4.78 is 11.6. The van der Waals surface area contributed by atoms with Crippen LogP contribution in [0.5, 0.6) is 0 Å². The van der Waals surface area contributed by atoms with Gasteiger partial charge in [0.1, 0.15) is 11.8 Å². The maximum Gasteiger partial charge on any atom is 0.419 e. The zero-order chi connectivity index (χ0) is 30.2. The van der Waals surface area contributed by atoms with E-state index < -0.39 is 24.8 Å². The SMILES string of the molecule is CCCN(C(=O)OCOC(=O)c1cccnc1)C(=O)c1cn2ncnc(Nc3cc(C(=O)NCC)ccc3C)c2c1C. The van der Waals surface area contributed by atoms with Crippen molar-refractivity contribution < 1.29 is 28.7 Å². The molecule has 0 saturated carbocycles. The number of amides is 3. The van der Waals surface area contributed by atoms with Crippen molar-refractivity contribution in [2.45, 2.75) is 34.1 Å².